The van der Waals surface area contributed by atoms with E-state index in [1.807, 2.05) is 4.68 Å². The van der Waals surface area contributed by atoms with E-state index < -0.39 is 8.32 Å². The third kappa shape index (κ3) is 5.64. The number of benzene rings is 1. The van der Waals surface area contributed by atoms with Gasteiger partial charge in [0.1, 0.15) is 0 Å². The first-order valence-electron chi connectivity index (χ1n) is 14.0. The van der Waals surface area contributed by atoms with Crippen LogP contribution in [0.1, 0.15) is 70.9 Å². The number of thioether (sulfide) groups is 1. The third-order valence-electron chi connectivity index (χ3n) is 8.47. The van der Waals surface area contributed by atoms with Crippen molar-refractivity contribution in [2.75, 3.05) is 17.7 Å². The molecule has 5 unspecified atom stereocenters. The van der Waals surface area contributed by atoms with Crippen LogP contribution in [-0.2, 0) is 4.43 Å². The summed E-state index contributed by atoms with van der Waals surface area (Å²) in [5.74, 6) is 2.38. The molecule has 10 heteroatoms. The van der Waals surface area contributed by atoms with Gasteiger partial charge in [0.15, 0.2) is 30.5 Å². The van der Waals surface area contributed by atoms with Gasteiger partial charge in [-0.25, -0.2) is 14.6 Å². The van der Waals surface area contributed by atoms with Crippen molar-refractivity contribution in [1.29, 1.82) is 0 Å². The summed E-state index contributed by atoms with van der Waals surface area (Å²) < 4.78 is 8.88. The lowest BCUT2D eigenvalue weighted by Gasteiger charge is -2.39. The van der Waals surface area contributed by atoms with Crippen molar-refractivity contribution >= 4 is 37.1 Å². The quantitative estimate of drug-likeness (QED) is 0.178. The number of rotatable bonds is 10. The minimum Gasteiger partial charge on any atom is -0.412 e. The Morgan fingerprint density at radius 1 is 1.13 bits per heavy atom. The van der Waals surface area contributed by atoms with Crippen molar-refractivity contribution in [2.24, 2.45) is 5.92 Å². The van der Waals surface area contributed by atoms with Gasteiger partial charge in [0, 0.05) is 24.3 Å². The summed E-state index contributed by atoms with van der Waals surface area (Å²) in [7, 11) is -2.02. The molecular weight excluding hydrogens is 513 g/mol. The summed E-state index contributed by atoms with van der Waals surface area (Å²) in [6, 6.07) is 11.0. The highest BCUT2D eigenvalue weighted by Gasteiger charge is 2.45. The van der Waals surface area contributed by atoms with E-state index in [9.17, 15) is 5.11 Å². The Morgan fingerprint density at radius 2 is 1.89 bits per heavy atom. The molecule has 0 amide bonds. The van der Waals surface area contributed by atoms with Gasteiger partial charge in [-0.1, -0.05) is 75.0 Å². The fraction of sp³-hybridized carbons (Fsp3) is 0.643. The molecule has 38 heavy (non-hydrogen) atoms. The molecule has 1 aromatic carbocycles. The lowest BCUT2D eigenvalue weighted by molar-refractivity contribution is 0.134. The molecule has 0 aliphatic heterocycles. The van der Waals surface area contributed by atoms with Crippen LogP contribution in [0.15, 0.2) is 35.5 Å². The lowest BCUT2D eigenvalue weighted by atomic mass is 10.1. The predicted octanol–water partition coefficient (Wildman–Crippen LogP) is 6.03. The molecule has 5 rings (SSSR count). The van der Waals surface area contributed by atoms with Gasteiger partial charge in [-0.15, -0.1) is 5.10 Å². The van der Waals surface area contributed by atoms with E-state index in [-0.39, 0.29) is 29.7 Å². The van der Waals surface area contributed by atoms with Crippen LogP contribution in [0.4, 0.5) is 5.82 Å². The van der Waals surface area contributed by atoms with Crippen LogP contribution in [0.2, 0.25) is 18.1 Å². The van der Waals surface area contributed by atoms with Gasteiger partial charge in [0.05, 0.1) is 12.1 Å². The molecule has 206 valence electrons. The maximum absolute atomic E-state index is 10.1. The zero-order valence-electron chi connectivity index (χ0n) is 23.5. The summed E-state index contributed by atoms with van der Waals surface area (Å²) in [6.45, 7) is 13.7. The molecule has 0 bridgehead atoms. The van der Waals surface area contributed by atoms with Crippen LogP contribution in [0.3, 0.4) is 0 Å². The molecule has 8 nitrogen and oxygen atoms in total. The van der Waals surface area contributed by atoms with Crippen molar-refractivity contribution in [3.05, 3.63) is 35.9 Å². The number of nitrogens with one attached hydrogen (secondary N) is 1. The van der Waals surface area contributed by atoms with Gasteiger partial charge in [0.25, 0.3) is 0 Å². The highest BCUT2D eigenvalue weighted by molar-refractivity contribution is 7.99. The second-order valence-electron chi connectivity index (χ2n) is 12.4. The normalized spacial score (nSPS) is 25.7. The Kier molecular flexibility index (Phi) is 7.88. The number of hydrogen-bond donors (Lipinski definition) is 2. The van der Waals surface area contributed by atoms with Crippen molar-refractivity contribution < 1.29 is 9.53 Å². The van der Waals surface area contributed by atoms with E-state index in [2.05, 4.69) is 86.7 Å². The molecule has 2 heterocycles. The molecule has 2 saturated carbocycles. The van der Waals surface area contributed by atoms with Crippen molar-refractivity contribution in [1.82, 2.24) is 25.0 Å². The second kappa shape index (κ2) is 10.9. The van der Waals surface area contributed by atoms with E-state index in [0.717, 1.165) is 48.1 Å². The van der Waals surface area contributed by atoms with Gasteiger partial charge >= 0.3 is 0 Å². The molecule has 2 fully saturated rings. The van der Waals surface area contributed by atoms with Crippen LogP contribution in [0.25, 0.3) is 11.2 Å². The Labute approximate surface area is 231 Å². The Balaban J connectivity index is 1.47. The van der Waals surface area contributed by atoms with E-state index in [4.69, 9.17) is 14.4 Å². The van der Waals surface area contributed by atoms with Gasteiger partial charge in [-0.3, -0.25) is 0 Å². The number of hydrogen-bond acceptors (Lipinski definition) is 8. The van der Waals surface area contributed by atoms with E-state index in [0.29, 0.717) is 17.5 Å². The number of anilines is 1. The molecule has 2 aliphatic carbocycles. The fourth-order valence-electron chi connectivity index (χ4n) is 5.15. The van der Waals surface area contributed by atoms with Crippen LogP contribution >= 0.6 is 11.8 Å². The van der Waals surface area contributed by atoms with E-state index in [1.165, 1.54) is 5.56 Å². The molecule has 0 spiro atoms. The minimum absolute atomic E-state index is 0.0176. The molecule has 3 aromatic rings. The monoisotopic (exact) mass is 554 g/mol. The number of aliphatic hydroxyl groups is 1. The topological polar surface area (TPSA) is 98.0 Å². The number of nitrogens with zero attached hydrogens (tertiary/aromatic N) is 5. The summed E-state index contributed by atoms with van der Waals surface area (Å²) in [5, 5.41) is 23.8. The standard InChI is InChI=1S/C28H42N6O2SSi/c1-7-13-37-27-30-25(29-21-16-20(21)19-11-9-8-10-12-19)24-26(31-27)34(33-32-24)22-14-18(17-35)15-23(22)36-38(5,6)28(2,3)4/h8-12,18,20-23,35H,7,13-17H2,1-6H3,(H,29,30,31). The molecule has 2 aliphatic rings. The maximum atomic E-state index is 10.1. The summed E-state index contributed by atoms with van der Waals surface area (Å²) in [4.78, 5) is 9.85. The van der Waals surface area contributed by atoms with Gasteiger partial charge in [-0.05, 0) is 55.3 Å². The smallest absolute Gasteiger partial charge is 0.192 e. The largest absolute Gasteiger partial charge is 0.412 e. The van der Waals surface area contributed by atoms with Crippen LogP contribution < -0.4 is 5.32 Å². The highest BCUT2D eigenvalue weighted by Crippen LogP contribution is 2.45. The molecule has 5 atom stereocenters. The SMILES string of the molecule is CCCSc1nc(NC2CC2c2ccccc2)c2nnn(C3CC(CO)CC3O[Si](C)(C)C(C)(C)C)c2n1. The molecule has 2 aromatic heterocycles. The van der Waals surface area contributed by atoms with Crippen molar-refractivity contribution in [3.63, 3.8) is 0 Å². The molecule has 2 N–H and O–H groups in total. The predicted molar refractivity (Wildman–Crippen MR) is 156 cm³/mol. The average Bonchev–Trinajstić information content (AvgIpc) is 3.33. The zero-order chi connectivity index (χ0) is 27.1. The summed E-state index contributed by atoms with van der Waals surface area (Å²) in [6.07, 6.45) is 3.72. The Morgan fingerprint density at radius 3 is 2.58 bits per heavy atom. The first-order chi connectivity index (χ1) is 18.1. The second-order valence-corrected chi connectivity index (χ2v) is 18.2. The van der Waals surface area contributed by atoms with Gasteiger partial charge in [-0.2, -0.15) is 0 Å². The Hall–Kier alpha value is -2.01. The van der Waals surface area contributed by atoms with Crippen molar-refractivity contribution in [3.8, 4) is 0 Å². The van der Waals surface area contributed by atoms with Crippen LogP contribution in [0, 0.1) is 5.92 Å². The molecular formula is C28H42N6O2SSi. The Bertz CT molecular complexity index is 1250. The maximum Gasteiger partial charge on any atom is 0.192 e. The zero-order valence-corrected chi connectivity index (χ0v) is 25.3. The average molecular weight is 555 g/mol. The molecule has 0 radical (unpaired) electrons. The van der Waals surface area contributed by atoms with Gasteiger partial charge in [0.2, 0.25) is 0 Å². The fourth-order valence-corrected chi connectivity index (χ4v) is 7.21. The number of aliphatic hydroxyl groups excluding tert-OH is 1. The summed E-state index contributed by atoms with van der Waals surface area (Å²) >= 11 is 1.67. The first kappa shape index (κ1) is 27.5. The third-order valence-corrected chi connectivity index (χ3v) is 14.0. The first-order valence-corrected chi connectivity index (χ1v) is 17.9. The van der Waals surface area contributed by atoms with Crippen LogP contribution in [-0.4, -0.2) is 62.9 Å². The number of fused-ring (bicyclic) bond motifs is 1. The van der Waals surface area contributed by atoms with Gasteiger partial charge < -0.3 is 14.8 Å². The molecule has 0 saturated heterocycles. The minimum atomic E-state index is -2.02. The highest BCUT2D eigenvalue weighted by atomic mass is 32.2. The summed E-state index contributed by atoms with van der Waals surface area (Å²) in [5.41, 5.74) is 2.82. The number of aromatic nitrogens is 5. The van der Waals surface area contributed by atoms with E-state index in [1.54, 1.807) is 11.8 Å². The van der Waals surface area contributed by atoms with Crippen LogP contribution in [0.5, 0.6) is 0 Å². The van der Waals surface area contributed by atoms with Crippen molar-refractivity contribution in [2.45, 2.75) is 101 Å². The van der Waals surface area contributed by atoms with E-state index >= 15 is 0 Å². The lowest BCUT2D eigenvalue weighted by Crippen LogP contribution is -2.45.